The number of hydrogen-bond acceptors (Lipinski definition) is 6. The molecular formula is C6H12O6. The highest BCUT2D eigenvalue weighted by atomic mass is 16.6. The number of hydrogen-bond donors (Lipinski definition) is 5. The van der Waals surface area contributed by atoms with E-state index in [1.165, 1.54) is 0 Å². The van der Waals surface area contributed by atoms with Crippen LogP contribution in [0.2, 0.25) is 0 Å². The third kappa shape index (κ3) is 1.58. The molecule has 1 saturated heterocycles. The lowest BCUT2D eigenvalue weighted by atomic mass is 10.2. The van der Waals surface area contributed by atoms with Gasteiger partial charge in [-0.25, -0.2) is 0 Å². The van der Waals surface area contributed by atoms with Crippen LogP contribution < -0.4 is 0 Å². The first-order valence-electron chi connectivity index (χ1n) is 3.56. The minimum absolute atomic E-state index is 0.526. The van der Waals surface area contributed by atoms with Crippen molar-refractivity contribution in [2.75, 3.05) is 6.61 Å². The van der Waals surface area contributed by atoms with Gasteiger partial charge < -0.3 is 30.3 Å². The number of aliphatic hydroxyl groups is 5. The van der Waals surface area contributed by atoms with Gasteiger partial charge in [-0.3, -0.25) is 0 Å². The Balaban J connectivity index is 2.63. The molecule has 1 rings (SSSR count). The Morgan fingerprint density at radius 2 is 1.50 bits per heavy atom. The Labute approximate surface area is 68.6 Å². The topological polar surface area (TPSA) is 110 Å². The first-order chi connectivity index (χ1) is 5.57. The molecule has 5 atom stereocenters. The van der Waals surface area contributed by atoms with Crippen LogP contribution in [0.5, 0.6) is 0 Å². The summed E-state index contributed by atoms with van der Waals surface area (Å²) in [4.78, 5) is 0. The summed E-state index contributed by atoms with van der Waals surface area (Å²) in [5.41, 5.74) is 0. The van der Waals surface area contributed by atoms with Crippen molar-refractivity contribution in [2.45, 2.75) is 30.7 Å². The molecule has 6 heteroatoms. The first-order valence-corrected chi connectivity index (χ1v) is 3.56. The average molecular weight is 181 g/mol. The molecule has 0 radical (unpaired) electrons. The summed E-state index contributed by atoms with van der Waals surface area (Å²) in [5, 5.41) is 44.7. The molecule has 5 N–H and O–H groups in total. The van der Waals surface area contributed by atoms with Gasteiger partial charge in [0.1, 0.15) is 24.4 Å². The predicted molar refractivity (Wildman–Crippen MR) is 36.0 cm³/mol. The lowest BCUT2D eigenvalue weighted by molar-refractivity contribution is -0.286. The third-order valence-corrected chi connectivity index (χ3v) is 1.87. The van der Waals surface area contributed by atoms with Crippen molar-refractivity contribution < 1.29 is 30.3 Å². The third-order valence-electron chi connectivity index (χ3n) is 1.87. The Morgan fingerprint density at radius 3 is 2.00 bits per heavy atom. The predicted octanol–water partition coefficient (Wildman–Crippen LogP) is -3.22. The average Bonchev–Trinajstić information content (AvgIpc) is 2.08. The molecule has 0 aromatic rings. The maximum atomic E-state index is 9.12. The molecule has 0 aliphatic carbocycles. The fourth-order valence-electron chi connectivity index (χ4n) is 1.08. The van der Waals surface area contributed by atoms with Gasteiger partial charge in [-0.1, -0.05) is 0 Å². The highest BCUT2D eigenvalue weighted by Crippen LogP contribution is 2.18. The zero-order chi connectivity index (χ0) is 9.30. The zero-order valence-electron chi connectivity index (χ0n) is 6.24. The van der Waals surface area contributed by atoms with Crippen molar-refractivity contribution in [3.63, 3.8) is 0 Å². The molecule has 1 aliphatic rings. The van der Waals surface area contributed by atoms with Crippen LogP contribution in [-0.4, -0.2) is 62.8 Å². The van der Waals surface area contributed by atoms with E-state index in [2.05, 4.69) is 4.74 Å². The summed E-state index contributed by atoms with van der Waals surface area (Å²) in [6.45, 7) is -0.526. The van der Waals surface area contributed by atoms with Gasteiger partial charge in [0.05, 0.1) is 6.61 Å². The summed E-state index contributed by atoms with van der Waals surface area (Å²) in [5.74, 6) is 0. The molecule has 0 spiro atoms. The molecule has 1 heterocycles. The minimum Gasteiger partial charge on any atom is -0.394 e. The van der Waals surface area contributed by atoms with Crippen molar-refractivity contribution in [3.8, 4) is 0 Å². The lowest BCUT2D eigenvalue weighted by Gasteiger charge is -2.37. The second kappa shape index (κ2) is 3.65. The molecule has 0 aromatic carbocycles. The van der Waals surface area contributed by atoms with Gasteiger partial charge in [0.25, 0.3) is 0 Å². The van der Waals surface area contributed by atoms with E-state index >= 15 is 0 Å². The number of rotatable bonds is 1. The fraction of sp³-hybridized carbons (Fsp3) is 1.00. The van der Waals surface area contributed by atoms with E-state index in [-0.39, 0.29) is 0 Å². The van der Waals surface area contributed by atoms with Crippen LogP contribution in [0.3, 0.4) is 0 Å². The summed E-state index contributed by atoms with van der Waals surface area (Å²) in [6, 6.07) is 0. The van der Waals surface area contributed by atoms with Crippen LogP contribution in [0.25, 0.3) is 0 Å². The monoisotopic (exact) mass is 181 g/mol. The molecule has 0 bridgehead atoms. The van der Waals surface area contributed by atoms with E-state index in [0.29, 0.717) is 0 Å². The van der Waals surface area contributed by atoms with E-state index < -0.39 is 37.3 Å². The van der Waals surface area contributed by atoms with E-state index in [0.717, 1.165) is 0 Å². The molecule has 72 valence electrons. The Hall–Kier alpha value is -0.240. The standard InChI is InChI=1S/C6H12O6/c7-1-2-3(8)4(9)5(10)6(11)12-2/h2-11H,1H2/t2-,3-,4+,5-,6+/m1/s1/i4+1. The van der Waals surface area contributed by atoms with Crippen molar-refractivity contribution >= 4 is 0 Å². The fourth-order valence-corrected chi connectivity index (χ4v) is 1.08. The summed E-state index contributed by atoms with van der Waals surface area (Å²) < 4.78 is 4.58. The molecule has 6 nitrogen and oxygen atoms in total. The van der Waals surface area contributed by atoms with Crippen LogP contribution in [0.1, 0.15) is 0 Å². The highest BCUT2D eigenvalue weighted by molar-refractivity contribution is 4.87. The summed E-state index contributed by atoms with van der Waals surface area (Å²) in [7, 11) is 0. The molecule has 0 amide bonds. The smallest absolute Gasteiger partial charge is 0.184 e. The number of aliphatic hydroxyl groups excluding tert-OH is 5. The van der Waals surface area contributed by atoms with Crippen molar-refractivity contribution in [1.29, 1.82) is 0 Å². The SMILES string of the molecule is OC[C@H]1O[C@H](O)[C@H](O)[13C@@H](O)[C@@H]1O. The van der Waals surface area contributed by atoms with Gasteiger partial charge in [-0.05, 0) is 0 Å². The molecule has 1 fully saturated rings. The second-order valence-corrected chi connectivity index (χ2v) is 2.72. The van der Waals surface area contributed by atoms with Crippen LogP contribution in [-0.2, 0) is 4.74 Å². The van der Waals surface area contributed by atoms with E-state index in [4.69, 9.17) is 25.5 Å². The van der Waals surface area contributed by atoms with Crippen LogP contribution in [0.15, 0.2) is 0 Å². The van der Waals surface area contributed by atoms with Crippen LogP contribution in [0, 0.1) is 0 Å². The van der Waals surface area contributed by atoms with Crippen LogP contribution in [0.4, 0.5) is 0 Å². The van der Waals surface area contributed by atoms with E-state index in [9.17, 15) is 0 Å². The minimum atomic E-state index is -1.57. The summed E-state index contributed by atoms with van der Waals surface area (Å²) >= 11 is 0. The Morgan fingerprint density at radius 1 is 0.917 bits per heavy atom. The normalized spacial score (nSPS) is 49.2. The van der Waals surface area contributed by atoms with E-state index in [1.54, 1.807) is 0 Å². The van der Waals surface area contributed by atoms with Crippen molar-refractivity contribution in [1.82, 2.24) is 0 Å². The van der Waals surface area contributed by atoms with Crippen molar-refractivity contribution in [2.24, 2.45) is 0 Å². The van der Waals surface area contributed by atoms with Crippen LogP contribution >= 0.6 is 0 Å². The Bertz CT molecular complexity index is 146. The van der Waals surface area contributed by atoms with Gasteiger partial charge >= 0.3 is 0 Å². The highest BCUT2D eigenvalue weighted by Gasteiger charge is 2.42. The molecular weight excluding hydrogens is 169 g/mol. The molecule has 1 aliphatic heterocycles. The van der Waals surface area contributed by atoms with Gasteiger partial charge in [-0.2, -0.15) is 0 Å². The molecule has 12 heavy (non-hydrogen) atoms. The maximum Gasteiger partial charge on any atom is 0.184 e. The zero-order valence-corrected chi connectivity index (χ0v) is 6.24. The maximum absolute atomic E-state index is 9.12. The molecule has 0 unspecified atom stereocenters. The number of ether oxygens (including phenoxy) is 1. The van der Waals surface area contributed by atoms with Gasteiger partial charge in [-0.15, -0.1) is 0 Å². The largest absolute Gasteiger partial charge is 0.394 e. The van der Waals surface area contributed by atoms with Gasteiger partial charge in [0.15, 0.2) is 6.29 Å². The first kappa shape index (κ1) is 9.85. The van der Waals surface area contributed by atoms with Gasteiger partial charge in [0.2, 0.25) is 0 Å². The van der Waals surface area contributed by atoms with Crippen molar-refractivity contribution in [3.05, 3.63) is 0 Å². The quantitative estimate of drug-likeness (QED) is 0.272. The second-order valence-electron chi connectivity index (χ2n) is 2.72. The summed E-state index contributed by atoms with van der Waals surface area (Å²) in [6.07, 6.45) is -7.04. The van der Waals surface area contributed by atoms with E-state index in [1.807, 2.05) is 0 Å². The van der Waals surface area contributed by atoms with Gasteiger partial charge in [0, 0.05) is 0 Å². The molecule has 0 saturated carbocycles. The lowest BCUT2D eigenvalue weighted by Crippen LogP contribution is -2.58. The Kier molecular flexibility index (Phi) is 2.99. The molecule has 0 aromatic heterocycles.